The standard InChI is InChI=1S/C19H12Cl2F3N3O/c20-11-5-7-12(8-6-11)27-16-15(9-26(18(16)28)10-19(22,23)24)25-17(27)13-3-1-2-4-14(13)21/h1-8H,9-10H2. The molecule has 0 radical (unpaired) electrons. The summed E-state index contributed by atoms with van der Waals surface area (Å²) in [6.07, 6.45) is -4.49. The minimum absolute atomic E-state index is 0.0986. The Bertz CT molecular complexity index is 1060. The first-order chi connectivity index (χ1) is 13.2. The van der Waals surface area contributed by atoms with E-state index in [-0.39, 0.29) is 17.9 Å². The van der Waals surface area contributed by atoms with Gasteiger partial charge in [0, 0.05) is 16.3 Å². The van der Waals surface area contributed by atoms with Gasteiger partial charge in [-0.25, -0.2) is 4.98 Å². The largest absolute Gasteiger partial charge is 0.406 e. The quantitative estimate of drug-likeness (QED) is 0.566. The zero-order chi connectivity index (χ0) is 20.1. The minimum atomic E-state index is -4.49. The summed E-state index contributed by atoms with van der Waals surface area (Å²) in [4.78, 5) is 18.0. The summed E-state index contributed by atoms with van der Waals surface area (Å²) in [7, 11) is 0. The predicted octanol–water partition coefficient (Wildman–Crippen LogP) is 5.36. The highest BCUT2D eigenvalue weighted by Crippen LogP contribution is 2.36. The van der Waals surface area contributed by atoms with Crippen molar-refractivity contribution in [3.63, 3.8) is 0 Å². The van der Waals surface area contributed by atoms with Crippen molar-refractivity contribution in [1.29, 1.82) is 0 Å². The van der Waals surface area contributed by atoms with Gasteiger partial charge in [-0.05, 0) is 36.4 Å². The van der Waals surface area contributed by atoms with Gasteiger partial charge >= 0.3 is 6.18 Å². The number of benzene rings is 2. The molecule has 2 heterocycles. The number of hydrogen-bond donors (Lipinski definition) is 0. The van der Waals surface area contributed by atoms with Crippen LogP contribution in [0.1, 0.15) is 16.2 Å². The average Bonchev–Trinajstić information content (AvgIpc) is 3.12. The fourth-order valence-corrected chi connectivity index (χ4v) is 3.55. The van der Waals surface area contributed by atoms with E-state index in [1.165, 1.54) is 4.57 Å². The first-order valence-electron chi connectivity index (χ1n) is 8.23. The highest BCUT2D eigenvalue weighted by atomic mass is 35.5. The van der Waals surface area contributed by atoms with Crippen molar-refractivity contribution >= 4 is 29.1 Å². The normalized spacial score (nSPS) is 13.9. The highest BCUT2D eigenvalue weighted by Gasteiger charge is 2.41. The van der Waals surface area contributed by atoms with Crippen LogP contribution in [0.15, 0.2) is 48.5 Å². The first-order valence-corrected chi connectivity index (χ1v) is 8.98. The lowest BCUT2D eigenvalue weighted by Gasteiger charge is -2.19. The van der Waals surface area contributed by atoms with E-state index < -0.39 is 18.6 Å². The molecule has 9 heteroatoms. The molecule has 1 aliphatic rings. The third-order valence-electron chi connectivity index (χ3n) is 4.35. The van der Waals surface area contributed by atoms with E-state index in [4.69, 9.17) is 23.2 Å². The van der Waals surface area contributed by atoms with Gasteiger partial charge in [0.2, 0.25) is 0 Å². The molecule has 0 bridgehead atoms. The van der Waals surface area contributed by atoms with Crippen LogP contribution >= 0.6 is 23.2 Å². The second-order valence-corrected chi connectivity index (χ2v) is 7.14. The maximum Gasteiger partial charge on any atom is 0.406 e. The highest BCUT2D eigenvalue weighted by molar-refractivity contribution is 6.33. The van der Waals surface area contributed by atoms with Gasteiger partial charge in [0.05, 0.1) is 17.3 Å². The molecule has 0 aliphatic carbocycles. The van der Waals surface area contributed by atoms with E-state index in [1.807, 2.05) is 0 Å². The molecule has 1 amide bonds. The van der Waals surface area contributed by atoms with Crippen LogP contribution < -0.4 is 0 Å². The first kappa shape index (κ1) is 18.8. The van der Waals surface area contributed by atoms with Crippen LogP contribution in [-0.2, 0) is 6.54 Å². The van der Waals surface area contributed by atoms with Crippen LogP contribution in [0.5, 0.6) is 0 Å². The van der Waals surface area contributed by atoms with Crippen LogP contribution in [0.2, 0.25) is 10.0 Å². The molecule has 0 unspecified atom stereocenters. The summed E-state index contributed by atoms with van der Waals surface area (Å²) < 4.78 is 40.0. The lowest BCUT2D eigenvalue weighted by molar-refractivity contribution is -0.141. The van der Waals surface area contributed by atoms with E-state index >= 15 is 0 Å². The molecule has 3 aromatic rings. The Hall–Kier alpha value is -2.51. The third-order valence-corrected chi connectivity index (χ3v) is 4.93. The smallest absolute Gasteiger partial charge is 0.322 e. The Morgan fingerprint density at radius 3 is 2.36 bits per heavy atom. The molecule has 0 N–H and O–H groups in total. The van der Waals surface area contributed by atoms with Crippen LogP contribution in [0.3, 0.4) is 0 Å². The summed E-state index contributed by atoms with van der Waals surface area (Å²) in [6.45, 7) is -1.55. The summed E-state index contributed by atoms with van der Waals surface area (Å²) in [6, 6.07) is 13.6. The number of amides is 1. The number of halogens is 5. The molecule has 1 aromatic heterocycles. The van der Waals surface area contributed by atoms with E-state index in [9.17, 15) is 18.0 Å². The number of imidazole rings is 1. The fourth-order valence-electron chi connectivity index (χ4n) is 3.21. The zero-order valence-corrected chi connectivity index (χ0v) is 15.7. The summed E-state index contributed by atoms with van der Waals surface area (Å²) in [5.74, 6) is -0.342. The van der Waals surface area contributed by atoms with Gasteiger partial charge in [-0.2, -0.15) is 13.2 Å². The number of aromatic nitrogens is 2. The number of hydrogen-bond acceptors (Lipinski definition) is 2. The minimum Gasteiger partial charge on any atom is -0.322 e. The molecular formula is C19H12Cl2F3N3O. The Labute approximate surface area is 168 Å². The lowest BCUT2D eigenvalue weighted by Crippen LogP contribution is -2.35. The number of fused-ring (bicyclic) bond motifs is 1. The molecular weight excluding hydrogens is 414 g/mol. The Kier molecular flexibility index (Phi) is 4.59. The third kappa shape index (κ3) is 3.36. The molecule has 1 aliphatic heterocycles. The van der Waals surface area contributed by atoms with E-state index in [1.54, 1.807) is 48.5 Å². The summed E-state index contributed by atoms with van der Waals surface area (Å²) >= 11 is 12.3. The number of carbonyl (C=O) groups is 1. The molecule has 28 heavy (non-hydrogen) atoms. The lowest BCUT2D eigenvalue weighted by atomic mass is 10.2. The second-order valence-electron chi connectivity index (χ2n) is 6.30. The molecule has 0 saturated heterocycles. The SMILES string of the molecule is O=C1c2c(nc(-c3ccccc3Cl)n2-c2ccc(Cl)cc2)CN1CC(F)(F)F. The molecule has 0 fully saturated rings. The number of nitrogens with zero attached hydrogens (tertiary/aromatic N) is 3. The molecule has 0 atom stereocenters. The Morgan fingerprint density at radius 1 is 1.04 bits per heavy atom. The molecule has 2 aromatic carbocycles. The zero-order valence-electron chi connectivity index (χ0n) is 14.2. The molecule has 4 rings (SSSR count). The van der Waals surface area contributed by atoms with Gasteiger partial charge in [0.25, 0.3) is 5.91 Å². The summed E-state index contributed by atoms with van der Waals surface area (Å²) in [5, 5.41) is 0.908. The van der Waals surface area contributed by atoms with E-state index in [2.05, 4.69) is 4.98 Å². The maximum atomic E-state index is 12.8. The van der Waals surface area contributed by atoms with Crippen molar-refractivity contribution in [2.45, 2.75) is 12.7 Å². The van der Waals surface area contributed by atoms with Gasteiger partial charge in [-0.1, -0.05) is 35.3 Å². The average molecular weight is 426 g/mol. The van der Waals surface area contributed by atoms with Crippen molar-refractivity contribution in [2.75, 3.05) is 6.54 Å². The maximum absolute atomic E-state index is 12.8. The van der Waals surface area contributed by atoms with Crippen LogP contribution in [0, 0.1) is 0 Å². The molecule has 4 nitrogen and oxygen atoms in total. The molecule has 0 spiro atoms. The Balaban J connectivity index is 1.89. The van der Waals surface area contributed by atoms with Gasteiger partial charge in [-0.15, -0.1) is 0 Å². The van der Waals surface area contributed by atoms with Crippen molar-refractivity contribution in [3.8, 4) is 17.1 Å². The van der Waals surface area contributed by atoms with Crippen molar-refractivity contribution in [1.82, 2.24) is 14.5 Å². The van der Waals surface area contributed by atoms with Crippen molar-refractivity contribution in [2.24, 2.45) is 0 Å². The Morgan fingerprint density at radius 2 is 1.71 bits per heavy atom. The predicted molar refractivity (Wildman–Crippen MR) is 99.8 cm³/mol. The van der Waals surface area contributed by atoms with Gasteiger partial charge in [0.15, 0.2) is 0 Å². The topological polar surface area (TPSA) is 38.1 Å². The number of rotatable bonds is 3. The second kappa shape index (κ2) is 6.83. The monoisotopic (exact) mass is 425 g/mol. The van der Waals surface area contributed by atoms with Crippen molar-refractivity contribution < 1.29 is 18.0 Å². The van der Waals surface area contributed by atoms with Crippen LogP contribution in [0.4, 0.5) is 13.2 Å². The molecule has 144 valence electrons. The number of alkyl halides is 3. The molecule has 0 saturated carbocycles. The fraction of sp³-hybridized carbons (Fsp3) is 0.158. The van der Waals surface area contributed by atoms with Crippen LogP contribution in [-0.4, -0.2) is 33.1 Å². The van der Waals surface area contributed by atoms with Gasteiger partial charge in [0.1, 0.15) is 18.1 Å². The number of carbonyl (C=O) groups excluding carboxylic acids is 1. The van der Waals surface area contributed by atoms with Crippen LogP contribution in [0.25, 0.3) is 17.1 Å². The van der Waals surface area contributed by atoms with Gasteiger partial charge < -0.3 is 4.90 Å². The van der Waals surface area contributed by atoms with E-state index in [0.29, 0.717) is 27.1 Å². The van der Waals surface area contributed by atoms with Gasteiger partial charge in [-0.3, -0.25) is 9.36 Å². The summed E-state index contributed by atoms with van der Waals surface area (Å²) in [5.41, 5.74) is 1.50. The van der Waals surface area contributed by atoms with Crippen molar-refractivity contribution in [3.05, 3.63) is 70.0 Å². The van der Waals surface area contributed by atoms with E-state index in [0.717, 1.165) is 4.90 Å².